The first-order valence-electron chi connectivity index (χ1n) is 14.8. The van der Waals surface area contributed by atoms with Gasteiger partial charge in [0.25, 0.3) is 0 Å². The molecule has 5 heterocycles. The first kappa shape index (κ1) is 26.4. The smallest absolute Gasteiger partial charge is 0.224 e. The summed E-state index contributed by atoms with van der Waals surface area (Å²) >= 11 is 0. The van der Waals surface area contributed by atoms with E-state index in [-0.39, 0.29) is 5.91 Å². The molecule has 6 rings (SSSR count). The predicted molar refractivity (Wildman–Crippen MR) is 163 cm³/mol. The number of amides is 1. The molecule has 0 aliphatic carbocycles. The predicted octanol–water partition coefficient (Wildman–Crippen LogP) is 6.74. The van der Waals surface area contributed by atoms with Crippen molar-refractivity contribution in [2.45, 2.75) is 65.2 Å². The Labute approximate surface area is 236 Å². The van der Waals surface area contributed by atoms with Crippen LogP contribution in [0.4, 0.5) is 17.1 Å². The normalized spacial score (nSPS) is 20.5. The highest BCUT2D eigenvalue weighted by molar-refractivity contribution is 6.49. The van der Waals surface area contributed by atoms with Crippen LogP contribution in [0.25, 0.3) is 11.1 Å². The number of carbonyl (C=O) groups is 1. The van der Waals surface area contributed by atoms with Gasteiger partial charge in [-0.3, -0.25) is 19.8 Å². The third-order valence-electron chi connectivity index (χ3n) is 8.72. The SMILES string of the molecule is CCC(=O)Nc1cncc(-c2ccc3c(c2)C(C2=Nc4cncc(N5CCCCC5)c4CC2)=NCC(C)C3C)c1. The van der Waals surface area contributed by atoms with Gasteiger partial charge in [0.2, 0.25) is 5.91 Å². The number of benzene rings is 1. The zero-order valence-electron chi connectivity index (χ0n) is 23.8. The van der Waals surface area contributed by atoms with Crippen LogP contribution in [0.3, 0.4) is 0 Å². The number of pyridine rings is 2. The molecule has 7 heteroatoms. The van der Waals surface area contributed by atoms with Crippen molar-refractivity contribution in [3.8, 4) is 11.1 Å². The molecule has 2 atom stereocenters. The first-order chi connectivity index (χ1) is 19.5. The Morgan fingerprint density at radius 2 is 1.80 bits per heavy atom. The minimum absolute atomic E-state index is 0.0216. The van der Waals surface area contributed by atoms with E-state index in [2.05, 4.69) is 52.2 Å². The molecule has 1 amide bonds. The number of nitrogens with one attached hydrogen (secondary N) is 1. The molecule has 0 saturated carbocycles. The molecule has 0 bridgehead atoms. The summed E-state index contributed by atoms with van der Waals surface area (Å²) in [5.74, 6) is 0.786. The summed E-state index contributed by atoms with van der Waals surface area (Å²) in [5.41, 5.74) is 10.8. The van der Waals surface area contributed by atoms with E-state index >= 15 is 0 Å². The zero-order chi connectivity index (χ0) is 27.6. The fourth-order valence-electron chi connectivity index (χ4n) is 6.13. The van der Waals surface area contributed by atoms with Crippen molar-refractivity contribution >= 4 is 34.4 Å². The summed E-state index contributed by atoms with van der Waals surface area (Å²) in [4.78, 5) is 33.9. The molecule has 3 aliphatic heterocycles. The van der Waals surface area contributed by atoms with Gasteiger partial charge in [0.1, 0.15) is 0 Å². The van der Waals surface area contributed by atoms with Crippen LogP contribution in [0.15, 0.2) is 59.0 Å². The Kier molecular flexibility index (Phi) is 7.46. The lowest BCUT2D eigenvalue weighted by Gasteiger charge is -2.31. The van der Waals surface area contributed by atoms with Crippen LogP contribution in [0.1, 0.15) is 75.5 Å². The minimum atomic E-state index is -0.0216. The molecule has 2 aromatic heterocycles. The van der Waals surface area contributed by atoms with Crippen molar-refractivity contribution in [2.75, 3.05) is 29.9 Å². The average molecular weight is 535 g/mol. The maximum atomic E-state index is 12.0. The van der Waals surface area contributed by atoms with Crippen molar-refractivity contribution in [2.24, 2.45) is 15.9 Å². The molecule has 3 aliphatic rings. The third-order valence-corrected chi connectivity index (χ3v) is 8.72. The van der Waals surface area contributed by atoms with Crippen LogP contribution in [0, 0.1) is 5.92 Å². The van der Waals surface area contributed by atoms with E-state index in [9.17, 15) is 4.79 Å². The average Bonchev–Trinajstić information content (AvgIpc) is 3.12. The second-order valence-electron chi connectivity index (χ2n) is 11.4. The topological polar surface area (TPSA) is 82.8 Å². The van der Waals surface area contributed by atoms with Crippen molar-refractivity contribution in [1.29, 1.82) is 0 Å². The van der Waals surface area contributed by atoms with Crippen LogP contribution >= 0.6 is 0 Å². The second kappa shape index (κ2) is 11.3. The van der Waals surface area contributed by atoms with Crippen molar-refractivity contribution < 1.29 is 4.79 Å². The van der Waals surface area contributed by atoms with Crippen LogP contribution < -0.4 is 10.2 Å². The second-order valence-corrected chi connectivity index (χ2v) is 11.4. The summed E-state index contributed by atoms with van der Waals surface area (Å²) in [6.07, 6.45) is 13.5. The molecule has 3 aromatic rings. The molecule has 0 spiro atoms. The fraction of sp³-hybridized carbons (Fsp3) is 0.424. The number of anilines is 2. The molecular formula is C33H38N6O. The van der Waals surface area contributed by atoms with Crippen molar-refractivity contribution in [1.82, 2.24) is 9.97 Å². The number of nitrogens with zero attached hydrogens (tertiary/aromatic N) is 5. The van der Waals surface area contributed by atoms with E-state index < -0.39 is 0 Å². The highest BCUT2D eigenvalue weighted by Gasteiger charge is 2.29. The van der Waals surface area contributed by atoms with Crippen molar-refractivity contribution in [3.63, 3.8) is 0 Å². The summed E-state index contributed by atoms with van der Waals surface area (Å²) in [5, 5.41) is 2.93. The molecule has 1 saturated heterocycles. The molecule has 0 radical (unpaired) electrons. The number of aliphatic imine (C=N–C) groups is 2. The minimum Gasteiger partial charge on any atom is -0.370 e. The third kappa shape index (κ3) is 5.17. The van der Waals surface area contributed by atoms with Gasteiger partial charge in [-0.2, -0.15) is 0 Å². The molecule has 1 N–H and O–H groups in total. The van der Waals surface area contributed by atoms with Gasteiger partial charge in [-0.1, -0.05) is 32.9 Å². The number of piperidine rings is 1. The maximum absolute atomic E-state index is 12.0. The molecular weight excluding hydrogens is 496 g/mol. The molecule has 7 nitrogen and oxygen atoms in total. The number of hydrogen-bond acceptors (Lipinski definition) is 6. The van der Waals surface area contributed by atoms with E-state index in [4.69, 9.17) is 9.98 Å². The standard InChI is InChI=1S/C33H38N6O/c1-4-32(40)37-25-14-24(17-34-18-25)23-8-9-26-22(3)21(2)16-36-33(28(26)15-23)29-11-10-27-30(38-29)19-35-20-31(27)39-12-6-5-7-13-39/h8-9,14-15,17-22H,4-7,10-13,16H2,1-3H3,(H,37,40). The number of fused-ring (bicyclic) bond motifs is 2. The number of carbonyl (C=O) groups excluding carboxylic acids is 1. The highest BCUT2D eigenvalue weighted by atomic mass is 16.1. The lowest BCUT2D eigenvalue weighted by atomic mass is 9.83. The van der Waals surface area contributed by atoms with E-state index in [1.54, 1.807) is 6.20 Å². The Bertz CT molecular complexity index is 1490. The quantitative estimate of drug-likeness (QED) is 0.393. The molecule has 1 fully saturated rings. The van der Waals surface area contributed by atoms with Crippen LogP contribution in [0.5, 0.6) is 0 Å². The van der Waals surface area contributed by atoms with Crippen LogP contribution in [-0.4, -0.2) is 46.9 Å². The van der Waals surface area contributed by atoms with Crippen LogP contribution in [0.2, 0.25) is 0 Å². The van der Waals surface area contributed by atoms with E-state index in [0.29, 0.717) is 23.9 Å². The Balaban J connectivity index is 1.39. The Morgan fingerprint density at radius 3 is 2.62 bits per heavy atom. The molecule has 1 aromatic carbocycles. The fourth-order valence-corrected chi connectivity index (χ4v) is 6.13. The largest absolute Gasteiger partial charge is 0.370 e. The van der Waals surface area contributed by atoms with Gasteiger partial charge in [-0.15, -0.1) is 0 Å². The van der Waals surface area contributed by atoms with Crippen LogP contribution in [-0.2, 0) is 11.2 Å². The molecule has 206 valence electrons. The monoisotopic (exact) mass is 534 g/mol. The van der Waals surface area contributed by atoms with Gasteiger partial charge in [-0.05, 0) is 67.2 Å². The summed E-state index contributed by atoms with van der Waals surface area (Å²) in [6, 6.07) is 8.65. The van der Waals surface area contributed by atoms with Crippen molar-refractivity contribution in [3.05, 3.63) is 65.7 Å². The molecule has 2 unspecified atom stereocenters. The van der Waals surface area contributed by atoms with E-state index in [1.165, 1.54) is 36.1 Å². The number of rotatable bonds is 5. The van der Waals surface area contributed by atoms with Gasteiger partial charge in [-0.25, -0.2) is 4.99 Å². The lowest BCUT2D eigenvalue weighted by Crippen LogP contribution is -2.31. The maximum Gasteiger partial charge on any atom is 0.224 e. The van der Waals surface area contributed by atoms with E-state index in [1.807, 2.05) is 31.6 Å². The summed E-state index contributed by atoms with van der Waals surface area (Å²) < 4.78 is 0. The van der Waals surface area contributed by atoms with Gasteiger partial charge in [0, 0.05) is 48.9 Å². The van der Waals surface area contributed by atoms with Gasteiger partial charge in [0.15, 0.2) is 0 Å². The summed E-state index contributed by atoms with van der Waals surface area (Å²) in [6.45, 7) is 9.41. The lowest BCUT2D eigenvalue weighted by molar-refractivity contribution is -0.115. The van der Waals surface area contributed by atoms with Gasteiger partial charge < -0.3 is 10.2 Å². The highest BCUT2D eigenvalue weighted by Crippen LogP contribution is 2.38. The van der Waals surface area contributed by atoms with E-state index in [0.717, 1.165) is 66.3 Å². The number of aromatic nitrogens is 2. The summed E-state index contributed by atoms with van der Waals surface area (Å²) in [7, 11) is 0. The van der Waals surface area contributed by atoms with Gasteiger partial charge in [0.05, 0.1) is 47.1 Å². The first-order valence-corrected chi connectivity index (χ1v) is 14.8. The Hall–Kier alpha value is -3.87. The number of hydrogen-bond donors (Lipinski definition) is 1. The van der Waals surface area contributed by atoms with Gasteiger partial charge >= 0.3 is 0 Å². The zero-order valence-corrected chi connectivity index (χ0v) is 23.8. The molecule has 40 heavy (non-hydrogen) atoms. The Morgan fingerprint density at radius 1 is 0.975 bits per heavy atom.